The van der Waals surface area contributed by atoms with Crippen molar-refractivity contribution in [1.29, 1.82) is 0 Å². The first-order valence-corrected chi connectivity index (χ1v) is 10.1. The van der Waals surface area contributed by atoms with E-state index < -0.39 is 10.0 Å². The van der Waals surface area contributed by atoms with Crippen molar-refractivity contribution < 1.29 is 8.42 Å². The van der Waals surface area contributed by atoms with Gasteiger partial charge in [0.25, 0.3) is 10.0 Å². The van der Waals surface area contributed by atoms with E-state index in [0.717, 1.165) is 12.4 Å². The molecule has 104 valence electrons. The van der Waals surface area contributed by atoms with Gasteiger partial charge in [0.15, 0.2) is 0 Å². The zero-order valence-corrected chi connectivity index (χ0v) is 15.6. The molecular formula is C11H11Br2NO2S3. The second-order valence-corrected chi connectivity index (χ2v) is 10.9. The Morgan fingerprint density at radius 2 is 1.74 bits per heavy atom. The van der Waals surface area contributed by atoms with Gasteiger partial charge in [-0.1, -0.05) is 6.92 Å². The SMILES string of the molecule is CCN(Cc1ccc(Br)s1)S(=O)(=O)c1ccc(Br)s1. The minimum Gasteiger partial charge on any atom is -0.206 e. The summed E-state index contributed by atoms with van der Waals surface area (Å²) in [4.78, 5) is 1.02. The number of rotatable bonds is 5. The number of hydrogen-bond acceptors (Lipinski definition) is 4. The van der Waals surface area contributed by atoms with Crippen LogP contribution in [0.15, 0.2) is 36.0 Å². The molecule has 0 atom stereocenters. The first-order chi connectivity index (χ1) is 8.93. The lowest BCUT2D eigenvalue weighted by atomic mass is 10.4. The monoisotopic (exact) mass is 443 g/mol. The number of halogens is 2. The minimum atomic E-state index is -3.41. The lowest BCUT2D eigenvalue weighted by Crippen LogP contribution is -2.29. The molecule has 0 aliphatic carbocycles. The van der Waals surface area contributed by atoms with Crippen molar-refractivity contribution in [2.45, 2.75) is 17.7 Å². The van der Waals surface area contributed by atoms with Gasteiger partial charge in [-0.2, -0.15) is 4.31 Å². The van der Waals surface area contributed by atoms with Crippen molar-refractivity contribution >= 4 is 64.6 Å². The first kappa shape index (κ1) is 15.7. The Morgan fingerprint density at radius 1 is 1.11 bits per heavy atom. The maximum Gasteiger partial charge on any atom is 0.252 e. The molecule has 0 bridgehead atoms. The summed E-state index contributed by atoms with van der Waals surface area (Å²) in [6, 6.07) is 7.27. The molecule has 2 aromatic rings. The number of nitrogens with zero attached hydrogens (tertiary/aromatic N) is 1. The van der Waals surface area contributed by atoms with Crippen LogP contribution in [0.4, 0.5) is 0 Å². The lowest BCUT2D eigenvalue weighted by Gasteiger charge is -2.18. The van der Waals surface area contributed by atoms with E-state index in [9.17, 15) is 8.42 Å². The standard InChI is InChI=1S/C11H11Br2NO2S3/c1-2-14(7-8-3-4-9(12)17-8)19(15,16)11-6-5-10(13)18-11/h3-6H,2,7H2,1H3. The molecule has 0 amide bonds. The Kier molecular flexibility index (Phi) is 5.24. The third kappa shape index (κ3) is 3.68. The van der Waals surface area contributed by atoms with Gasteiger partial charge < -0.3 is 0 Å². The normalized spacial score (nSPS) is 12.2. The predicted molar refractivity (Wildman–Crippen MR) is 87.3 cm³/mol. The van der Waals surface area contributed by atoms with E-state index in [0.29, 0.717) is 17.3 Å². The maximum atomic E-state index is 12.5. The fourth-order valence-electron chi connectivity index (χ4n) is 1.54. The highest BCUT2D eigenvalue weighted by atomic mass is 79.9. The molecule has 0 spiro atoms. The molecule has 2 rings (SSSR count). The number of thiophene rings is 2. The summed E-state index contributed by atoms with van der Waals surface area (Å²) in [5, 5.41) is 0. The summed E-state index contributed by atoms with van der Waals surface area (Å²) < 4.78 is 28.7. The predicted octanol–water partition coefficient (Wildman–Crippen LogP) is 4.55. The molecule has 0 unspecified atom stereocenters. The Morgan fingerprint density at radius 3 is 2.21 bits per heavy atom. The Bertz CT molecular complexity index is 663. The molecule has 0 saturated heterocycles. The summed E-state index contributed by atoms with van der Waals surface area (Å²) in [6.45, 7) is 2.71. The van der Waals surface area contributed by atoms with Gasteiger partial charge in [0.1, 0.15) is 4.21 Å². The highest BCUT2D eigenvalue weighted by molar-refractivity contribution is 9.11. The van der Waals surface area contributed by atoms with E-state index in [4.69, 9.17) is 0 Å². The van der Waals surface area contributed by atoms with Gasteiger partial charge in [-0.3, -0.25) is 0 Å². The summed E-state index contributed by atoms with van der Waals surface area (Å²) in [5.41, 5.74) is 0. The van der Waals surface area contributed by atoms with Gasteiger partial charge in [0, 0.05) is 18.0 Å². The average Bonchev–Trinajstić information content (AvgIpc) is 2.95. The van der Waals surface area contributed by atoms with Crippen LogP contribution >= 0.6 is 54.5 Å². The smallest absolute Gasteiger partial charge is 0.206 e. The topological polar surface area (TPSA) is 37.4 Å². The van der Waals surface area contributed by atoms with Crippen LogP contribution < -0.4 is 0 Å². The van der Waals surface area contributed by atoms with Gasteiger partial charge in [0.2, 0.25) is 0 Å². The third-order valence-corrected chi connectivity index (χ3v) is 8.08. The van der Waals surface area contributed by atoms with Crippen LogP contribution in [0.3, 0.4) is 0 Å². The van der Waals surface area contributed by atoms with Gasteiger partial charge >= 0.3 is 0 Å². The van der Waals surface area contributed by atoms with Crippen molar-refractivity contribution in [2.24, 2.45) is 0 Å². The zero-order chi connectivity index (χ0) is 14.0. The fourth-order valence-corrected chi connectivity index (χ4v) is 6.71. The molecule has 2 aromatic heterocycles. The van der Waals surface area contributed by atoms with Crippen LogP contribution in [0.25, 0.3) is 0 Å². The quantitative estimate of drug-likeness (QED) is 0.678. The minimum absolute atomic E-state index is 0.372. The van der Waals surface area contributed by atoms with E-state index in [1.54, 1.807) is 23.5 Å². The second-order valence-electron chi connectivity index (χ2n) is 3.70. The maximum absolute atomic E-state index is 12.5. The average molecular weight is 445 g/mol. The molecule has 3 nitrogen and oxygen atoms in total. The van der Waals surface area contributed by atoms with Crippen LogP contribution in [0.1, 0.15) is 11.8 Å². The largest absolute Gasteiger partial charge is 0.252 e. The lowest BCUT2D eigenvalue weighted by molar-refractivity contribution is 0.428. The molecule has 19 heavy (non-hydrogen) atoms. The van der Waals surface area contributed by atoms with Gasteiger partial charge in [0.05, 0.1) is 7.57 Å². The molecule has 0 aliphatic rings. The first-order valence-electron chi connectivity index (χ1n) is 5.43. The molecule has 8 heteroatoms. The fraction of sp³-hybridized carbons (Fsp3) is 0.273. The van der Waals surface area contributed by atoms with Crippen molar-refractivity contribution in [3.63, 3.8) is 0 Å². The number of sulfonamides is 1. The summed E-state index contributed by atoms with van der Waals surface area (Å²) in [5.74, 6) is 0. The van der Waals surface area contributed by atoms with Crippen LogP contribution in [0, 0.1) is 0 Å². The summed E-state index contributed by atoms with van der Waals surface area (Å²) in [6.07, 6.45) is 0. The molecule has 0 N–H and O–H groups in total. The molecule has 0 saturated carbocycles. The van der Waals surface area contributed by atoms with Gasteiger partial charge in [-0.25, -0.2) is 8.42 Å². The Labute approximate surface area is 137 Å². The van der Waals surface area contributed by atoms with Crippen molar-refractivity contribution in [1.82, 2.24) is 4.31 Å². The highest BCUT2D eigenvalue weighted by Crippen LogP contribution is 2.30. The van der Waals surface area contributed by atoms with E-state index >= 15 is 0 Å². The molecular weight excluding hydrogens is 434 g/mol. The summed E-state index contributed by atoms with van der Waals surface area (Å²) >= 11 is 9.47. The van der Waals surface area contributed by atoms with E-state index in [-0.39, 0.29) is 0 Å². The Hall–Kier alpha value is 0.270. The van der Waals surface area contributed by atoms with Crippen LogP contribution in [-0.2, 0) is 16.6 Å². The van der Waals surface area contributed by atoms with E-state index in [1.807, 2.05) is 19.1 Å². The Balaban J connectivity index is 2.26. The van der Waals surface area contributed by atoms with Crippen LogP contribution in [-0.4, -0.2) is 19.3 Å². The molecule has 0 aliphatic heterocycles. The van der Waals surface area contributed by atoms with E-state index in [1.165, 1.54) is 15.6 Å². The van der Waals surface area contributed by atoms with Gasteiger partial charge in [-0.05, 0) is 56.1 Å². The number of hydrogen-bond donors (Lipinski definition) is 0. The molecule has 0 aromatic carbocycles. The van der Waals surface area contributed by atoms with Gasteiger partial charge in [-0.15, -0.1) is 22.7 Å². The molecule has 0 fully saturated rings. The zero-order valence-electron chi connectivity index (χ0n) is 9.97. The van der Waals surface area contributed by atoms with Crippen LogP contribution in [0.5, 0.6) is 0 Å². The molecule has 0 radical (unpaired) electrons. The van der Waals surface area contributed by atoms with Crippen molar-refractivity contribution in [2.75, 3.05) is 6.54 Å². The van der Waals surface area contributed by atoms with E-state index in [2.05, 4.69) is 31.9 Å². The van der Waals surface area contributed by atoms with Crippen molar-refractivity contribution in [3.8, 4) is 0 Å². The van der Waals surface area contributed by atoms with Crippen molar-refractivity contribution in [3.05, 3.63) is 36.7 Å². The third-order valence-electron chi connectivity index (χ3n) is 2.46. The second kappa shape index (κ2) is 6.36. The highest BCUT2D eigenvalue weighted by Gasteiger charge is 2.25. The van der Waals surface area contributed by atoms with Crippen LogP contribution in [0.2, 0.25) is 0 Å². The molecule has 2 heterocycles. The summed E-state index contributed by atoms with van der Waals surface area (Å²) in [7, 11) is -3.41.